The summed E-state index contributed by atoms with van der Waals surface area (Å²) in [5.41, 5.74) is 5.80. The van der Waals surface area contributed by atoms with Gasteiger partial charge >= 0.3 is 0 Å². The molecule has 0 aliphatic heterocycles. The minimum atomic E-state index is -0.681. The first kappa shape index (κ1) is 22.9. The van der Waals surface area contributed by atoms with Crippen LogP contribution in [0, 0.1) is 6.92 Å². The highest BCUT2D eigenvalue weighted by Gasteiger charge is 2.32. The van der Waals surface area contributed by atoms with Gasteiger partial charge in [-0.25, -0.2) is 9.67 Å². The molecule has 0 unspecified atom stereocenters. The Morgan fingerprint density at radius 1 is 1.18 bits per heavy atom. The Morgan fingerprint density at radius 3 is 2.68 bits per heavy atom. The molecule has 3 heterocycles. The molecule has 176 valence electrons. The van der Waals surface area contributed by atoms with E-state index in [-0.39, 0.29) is 5.78 Å². The highest BCUT2D eigenvalue weighted by Crippen LogP contribution is 2.46. The summed E-state index contributed by atoms with van der Waals surface area (Å²) in [5, 5.41) is 5.62. The molecule has 0 amide bonds. The normalized spacial score (nSPS) is 14.9. The third kappa shape index (κ3) is 4.21. The molecule has 5 nitrogen and oxygen atoms in total. The molecule has 3 aromatic heterocycles. The summed E-state index contributed by atoms with van der Waals surface area (Å²) >= 11 is 1.81. The van der Waals surface area contributed by atoms with Crippen molar-refractivity contribution in [1.29, 1.82) is 0 Å². The number of ether oxygens (including phenoxy) is 1. The van der Waals surface area contributed by atoms with Crippen molar-refractivity contribution in [3.63, 3.8) is 0 Å². The minimum absolute atomic E-state index is 0.00671. The van der Waals surface area contributed by atoms with Crippen LogP contribution < -0.4 is 0 Å². The quantitative estimate of drug-likeness (QED) is 0.320. The third-order valence-corrected chi connectivity index (χ3v) is 7.52. The summed E-state index contributed by atoms with van der Waals surface area (Å²) in [6.45, 7) is 9.61. The van der Waals surface area contributed by atoms with E-state index in [0.29, 0.717) is 0 Å². The van der Waals surface area contributed by atoms with Gasteiger partial charge in [-0.15, -0.1) is 11.3 Å². The Balaban J connectivity index is 1.84. The first-order valence-electron chi connectivity index (χ1n) is 12.0. The van der Waals surface area contributed by atoms with Crippen LogP contribution in [-0.4, -0.2) is 26.1 Å². The molecule has 0 saturated heterocycles. The Morgan fingerprint density at radius 2 is 1.97 bits per heavy atom. The number of fused-ring (bicyclic) bond motifs is 3. The van der Waals surface area contributed by atoms with Gasteiger partial charge in [0.1, 0.15) is 10.9 Å². The van der Waals surface area contributed by atoms with Crippen LogP contribution in [0.5, 0.6) is 0 Å². The van der Waals surface area contributed by atoms with Crippen LogP contribution in [0.4, 0.5) is 0 Å². The molecule has 1 aliphatic carbocycles. The van der Waals surface area contributed by atoms with E-state index in [1.54, 1.807) is 13.1 Å². The maximum Gasteiger partial charge on any atom is 0.163 e. The minimum Gasteiger partial charge on any atom is -0.360 e. The van der Waals surface area contributed by atoms with E-state index in [1.165, 1.54) is 28.7 Å². The summed E-state index contributed by atoms with van der Waals surface area (Å²) in [4.78, 5) is 20.5. The molecule has 1 aromatic carbocycles. The number of hydrogen-bond acceptors (Lipinski definition) is 5. The fraction of sp³-hybridized carbons (Fsp3) is 0.393. The number of aromatic nitrogens is 3. The molecule has 5 rings (SSSR count). The van der Waals surface area contributed by atoms with Gasteiger partial charge in [0, 0.05) is 39.5 Å². The zero-order valence-electron chi connectivity index (χ0n) is 20.5. The topological polar surface area (TPSA) is 57.0 Å². The number of thiophene rings is 1. The smallest absolute Gasteiger partial charge is 0.163 e. The zero-order valence-corrected chi connectivity index (χ0v) is 21.3. The number of rotatable bonds is 5. The molecular weight excluding hydrogens is 442 g/mol. The molecule has 0 N–H and O–H groups in total. The number of carbonyl (C=O) groups excluding carboxylic acids is 1. The first-order valence-corrected chi connectivity index (χ1v) is 12.8. The average Bonchev–Trinajstić information content (AvgIpc) is 3.44. The molecule has 1 aliphatic rings. The molecule has 6 heteroatoms. The van der Waals surface area contributed by atoms with Crippen molar-refractivity contribution in [3.05, 3.63) is 64.4 Å². The van der Waals surface area contributed by atoms with Crippen LogP contribution in [0.2, 0.25) is 0 Å². The lowest BCUT2D eigenvalue weighted by Gasteiger charge is -2.29. The summed E-state index contributed by atoms with van der Waals surface area (Å²) in [6.07, 6.45) is 7.61. The lowest BCUT2D eigenvalue weighted by atomic mass is 9.87. The molecule has 0 fully saturated rings. The fourth-order valence-electron chi connectivity index (χ4n) is 4.96. The van der Waals surface area contributed by atoms with Crippen molar-refractivity contribution >= 4 is 27.3 Å². The molecule has 1 atom stereocenters. The lowest BCUT2D eigenvalue weighted by Crippen LogP contribution is -2.27. The lowest BCUT2D eigenvalue weighted by molar-refractivity contribution is -0.138. The van der Waals surface area contributed by atoms with Gasteiger partial charge in [0.05, 0.1) is 11.3 Å². The first-order chi connectivity index (χ1) is 16.2. The number of hydrogen-bond donors (Lipinski definition) is 0. The molecule has 0 radical (unpaired) electrons. The number of nitrogens with zero attached hydrogens (tertiary/aromatic N) is 3. The van der Waals surface area contributed by atoms with Crippen LogP contribution in [0.3, 0.4) is 0 Å². The molecule has 34 heavy (non-hydrogen) atoms. The van der Waals surface area contributed by atoms with Crippen LogP contribution >= 0.6 is 11.3 Å². The van der Waals surface area contributed by atoms with Crippen molar-refractivity contribution in [2.24, 2.45) is 0 Å². The van der Waals surface area contributed by atoms with Gasteiger partial charge < -0.3 is 4.74 Å². The van der Waals surface area contributed by atoms with E-state index in [9.17, 15) is 4.79 Å². The van der Waals surface area contributed by atoms with Gasteiger partial charge in [0.2, 0.25) is 0 Å². The molecule has 0 bridgehead atoms. The number of carbonyl (C=O) groups is 1. The van der Waals surface area contributed by atoms with Crippen LogP contribution in [0.15, 0.2) is 42.7 Å². The third-order valence-electron chi connectivity index (χ3n) is 6.34. The summed E-state index contributed by atoms with van der Waals surface area (Å²) in [7, 11) is 0. The van der Waals surface area contributed by atoms with Gasteiger partial charge in [-0.05, 0) is 89.6 Å². The fourth-order valence-corrected chi connectivity index (χ4v) is 6.28. The van der Waals surface area contributed by atoms with Gasteiger partial charge in [0.25, 0.3) is 0 Å². The van der Waals surface area contributed by atoms with E-state index in [1.807, 2.05) is 56.0 Å². The predicted molar refractivity (Wildman–Crippen MR) is 138 cm³/mol. The number of ketones is 1. The van der Waals surface area contributed by atoms with Gasteiger partial charge in [-0.3, -0.25) is 4.79 Å². The second kappa shape index (κ2) is 8.75. The van der Waals surface area contributed by atoms with Crippen molar-refractivity contribution in [3.8, 4) is 16.8 Å². The molecule has 0 spiro atoms. The maximum absolute atomic E-state index is 13.0. The summed E-state index contributed by atoms with van der Waals surface area (Å²) in [6, 6.07) is 10.3. The summed E-state index contributed by atoms with van der Waals surface area (Å²) < 4.78 is 8.26. The highest BCUT2D eigenvalue weighted by atomic mass is 32.1. The number of Topliss-reactive ketones (excluding diaryl/α,β-unsaturated/α-hetero) is 1. The van der Waals surface area contributed by atoms with Crippen molar-refractivity contribution in [2.75, 3.05) is 0 Å². The van der Waals surface area contributed by atoms with Gasteiger partial charge in [-0.2, -0.15) is 5.10 Å². The van der Waals surface area contributed by atoms with Gasteiger partial charge in [-0.1, -0.05) is 12.1 Å². The largest absolute Gasteiger partial charge is 0.360 e. The van der Waals surface area contributed by atoms with E-state index in [4.69, 9.17) is 9.72 Å². The Labute approximate surface area is 204 Å². The second-order valence-corrected chi connectivity index (χ2v) is 11.2. The molecule has 0 saturated carbocycles. The zero-order chi connectivity index (χ0) is 24.0. The summed E-state index contributed by atoms with van der Waals surface area (Å²) in [5.74, 6) is -0.00671. The van der Waals surface area contributed by atoms with E-state index in [0.717, 1.165) is 45.7 Å². The Hall–Kier alpha value is -2.83. The number of benzene rings is 1. The number of aryl methyl sites for hydroxylation is 3. The Kier molecular flexibility index (Phi) is 5.90. The predicted octanol–water partition coefficient (Wildman–Crippen LogP) is 6.78. The number of pyridine rings is 1. The van der Waals surface area contributed by atoms with Crippen LogP contribution in [0.1, 0.15) is 68.3 Å². The monoisotopic (exact) mass is 473 g/mol. The van der Waals surface area contributed by atoms with Crippen molar-refractivity contribution < 1.29 is 9.53 Å². The van der Waals surface area contributed by atoms with Gasteiger partial charge in [0.15, 0.2) is 5.78 Å². The van der Waals surface area contributed by atoms with E-state index < -0.39 is 11.7 Å². The second-order valence-electron chi connectivity index (χ2n) is 10.1. The van der Waals surface area contributed by atoms with Crippen molar-refractivity contribution in [1.82, 2.24) is 14.8 Å². The van der Waals surface area contributed by atoms with Crippen LogP contribution in [-0.2, 0) is 22.4 Å². The molecule has 4 aromatic rings. The highest BCUT2D eigenvalue weighted by molar-refractivity contribution is 7.19. The SMILES string of the molecule is CC(=O)[C@@H](OC(C)(C)C)c1c(C)nc2sc3c(c2c1-c1cccc(-n2cccn2)c1)CCCC3. The standard InChI is InChI=1S/C28H31N3O2S/c1-17-23(26(18(2)32)33-28(3,4)5)24(19-10-8-11-20(16-19)31-15-9-14-29-31)25-21-12-6-7-13-22(21)34-27(25)30-17/h8-11,14-16,26H,6-7,12-13H2,1-5H3/t26-/m1/s1. The maximum atomic E-state index is 13.0. The molecular formula is C28H31N3O2S. The van der Waals surface area contributed by atoms with Crippen molar-refractivity contribution in [2.45, 2.75) is 72.0 Å². The van der Waals surface area contributed by atoms with Crippen LogP contribution in [0.25, 0.3) is 27.0 Å². The average molecular weight is 474 g/mol. The Bertz CT molecular complexity index is 1360. The van der Waals surface area contributed by atoms with E-state index >= 15 is 0 Å². The van der Waals surface area contributed by atoms with E-state index in [2.05, 4.69) is 29.4 Å².